The van der Waals surface area contributed by atoms with Crippen molar-refractivity contribution in [2.45, 2.75) is 43.2 Å². The Labute approximate surface area is 224 Å². The Morgan fingerprint density at radius 1 is 0.949 bits per heavy atom. The quantitative estimate of drug-likeness (QED) is 0.204. The number of hydrogen-bond donors (Lipinski definition) is 5. The number of nitrogens with one attached hydrogen (secondary N) is 1. The van der Waals surface area contributed by atoms with Crippen molar-refractivity contribution in [3.05, 3.63) is 84.9 Å². The molecule has 1 fully saturated rings. The Hall–Kier alpha value is -4.32. The molecule has 2 aromatic carbocycles. The molecule has 1 aliphatic rings. The van der Waals surface area contributed by atoms with E-state index in [1.165, 1.54) is 0 Å². The highest BCUT2D eigenvalue weighted by molar-refractivity contribution is 5.83. The Morgan fingerprint density at radius 3 is 2.41 bits per heavy atom. The average molecular weight is 527 g/mol. The van der Waals surface area contributed by atoms with E-state index in [1.54, 1.807) is 21.8 Å². The molecule has 1 saturated carbocycles. The van der Waals surface area contributed by atoms with Crippen LogP contribution in [0.3, 0.4) is 0 Å². The molecule has 5 aromatic rings. The Kier molecular flexibility index (Phi) is 6.69. The largest absolute Gasteiger partial charge is 0.394 e. The number of benzene rings is 2. The summed E-state index contributed by atoms with van der Waals surface area (Å²) in [5, 5.41) is 39.7. The van der Waals surface area contributed by atoms with Crippen molar-refractivity contribution in [3.8, 4) is 11.1 Å². The molecule has 0 saturated heterocycles. The molecule has 3 heterocycles. The highest BCUT2D eigenvalue weighted by Gasteiger charge is 2.44. The van der Waals surface area contributed by atoms with Gasteiger partial charge in [0.05, 0.1) is 37.3 Å². The molecular weight excluding hydrogens is 496 g/mol. The van der Waals surface area contributed by atoms with E-state index in [4.69, 9.17) is 5.73 Å². The van der Waals surface area contributed by atoms with Gasteiger partial charge in [-0.25, -0.2) is 4.98 Å². The number of imidazole rings is 1. The number of hydrogen-bond acceptors (Lipinski definition) is 9. The first-order chi connectivity index (χ1) is 19.0. The lowest BCUT2D eigenvalue weighted by atomic mass is 10.1. The van der Waals surface area contributed by atoms with Crippen LogP contribution in [0.2, 0.25) is 0 Å². The van der Waals surface area contributed by atoms with Gasteiger partial charge in [-0.1, -0.05) is 60.7 Å². The summed E-state index contributed by atoms with van der Waals surface area (Å²) >= 11 is 0. The highest BCUT2D eigenvalue weighted by atomic mass is 16.3. The SMILES string of the molecule is Nc1nc(N[C@H](CO)Cc2ccccc2)nc2c1ncn2[C@@H]1C[C@H](n2cc(-c3ccccc3)cn2)[C@@H](O)[C@H]1O. The Bertz CT molecular complexity index is 1560. The van der Waals surface area contributed by atoms with Crippen LogP contribution in [0.4, 0.5) is 11.8 Å². The molecule has 0 amide bonds. The lowest BCUT2D eigenvalue weighted by Crippen LogP contribution is -2.30. The van der Waals surface area contributed by atoms with Crippen molar-refractivity contribution in [1.82, 2.24) is 29.3 Å². The van der Waals surface area contributed by atoms with Crippen molar-refractivity contribution in [2.24, 2.45) is 0 Å². The minimum Gasteiger partial charge on any atom is -0.394 e. The summed E-state index contributed by atoms with van der Waals surface area (Å²) in [5.41, 5.74) is 10.1. The molecule has 5 atom stereocenters. The molecule has 0 bridgehead atoms. The standard InChI is InChI=1S/C28H30N8O3/c29-26-23-27(34-28(33-26)32-20(15-37)11-17-7-3-1-4-8-17)35(16-30-23)21-12-22(25(39)24(21)38)36-14-19(13-31-36)18-9-5-2-6-10-18/h1-10,13-14,16,20-22,24-25,37-39H,11-12,15H2,(H3,29,32,33,34)/t20-,21+,22-,24-,25+/m0/s1. The third-order valence-corrected chi connectivity index (χ3v) is 7.35. The van der Waals surface area contributed by atoms with Crippen LogP contribution in [0.1, 0.15) is 24.1 Å². The van der Waals surface area contributed by atoms with Gasteiger partial charge in [0.25, 0.3) is 0 Å². The fraction of sp³-hybridized carbons (Fsp3) is 0.286. The monoisotopic (exact) mass is 526 g/mol. The van der Waals surface area contributed by atoms with Crippen molar-refractivity contribution in [2.75, 3.05) is 17.7 Å². The topological polar surface area (TPSA) is 160 Å². The summed E-state index contributed by atoms with van der Waals surface area (Å²) in [6.45, 7) is -0.125. The molecule has 0 aliphatic heterocycles. The predicted molar refractivity (Wildman–Crippen MR) is 147 cm³/mol. The van der Waals surface area contributed by atoms with Crippen molar-refractivity contribution >= 4 is 22.9 Å². The van der Waals surface area contributed by atoms with Gasteiger partial charge in [0, 0.05) is 11.8 Å². The van der Waals surface area contributed by atoms with Crippen LogP contribution in [0, 0.1) is 0 Å². The smallest absolute Gasteiger partial charge is 0.227 e. The number of aliphatic hydroxyl groups is 3. The van der Waals surface area contributed by atoms with Crippen LogP contribution in [-0.4, -0.2) is 69.5 Å². The van der Waals surface area contributed by atoms with E-state index in [2.05, 4.69) is 25.4 Å². The summed E-state index contributed by atoms with van der Waals surface area (Å²) in [6, 6.07) is 18.4. The number of nitrogens with zero attached hydrogens (tertiary/aromatic N) is 6. The van der Waals surface area contributed by atoms with Gasteiger partial charge in [0.1, 0.15) is 17.7 Å². The van der Waals surface area contributed by atoms with Gasteiger partial charge in [0.2, 0.25) is 5.95 Å². The van der Waals surface area contributed by atoms with Crippen LogP contribution in [0.15, 0.2) is 79.4 Å². The molecular formula is C28H30N8O3. The molecule has 1 aliphatic carbocycles. The first-order valence-corrected chi connectivity index (χ1v) is 12.9. The van der Waals surface area contributed by atoms with E-state index in [0.29, 0.717) is 24.0 Å². The molecule has 0 spiro atoms. The first-order valence-electron chi connectivity index (χ1n) is 12.9. The number of anilines is 2. The number of fused-ring (bicyclic) bond motifs is 1. The number of aromatic nitrogens is 6. The van der Waals surface area contributed by atoms with Crippen LogP contribution < -0.4 is 11.1 Å². The van der Waals surface area contributed by atoms with Crippen LogP contribution >= 0.6 is 0 Å². The minimum absolute atomic E-state index is 0.125. The van der Waals surface area contributed by atoms with E-state index < -0.39 is 24.3 Å². The molecule has 3 aromatic heterocycles. The number of aliphatic hydroxyl groups excluding tert-OH is 3. The van der Waals surface area contributed by atoms with Gasteiger partial charge in [-0.2, -0.15) is 15.1 Å². The Morgan fingerprint density at radius 2 is 1.67 bits per heavy atom. The molecule has 11 heteroatoms. The van der Waals surface area contributed by atoms with Crippen LogP contribution in [0.25, 0.3) is 22.3 Å². The fourth-order valence-corrected chi connectivity index (χ4v) is 5.31. The average Bonchev–Trinajstić information content (AvgIpc) is 3.68. The molecule has 6 N–H and O–H groups in total. The van der Waals surface area contributed by atoms with E-state index in [9.17, 15) is 15.3 Å². The normalized spacial score (nSPS) is 21.8. The van der Waals surface area contributed by atoms with Gasteiger partial charge >= 0.3 is 0 Å². The second kappa shape index (κ2) is 10.4. The number of nitrogen functional groups attached to an aromatic ring is 1. The summed E-state index contributed by atoms with van der Waals surface area (Å²) in [4.78, 5) is 13.4. The zero-order chi connectivity index (χ0) is 26.9. The van der Waals surface area contributed by atoms with Crippen molar-refractivity contribution in [3.63, 3.8) is 0 Å². The summed E-state index contributed by atoms with van der Waals surface area (Å²) < 4.78 is 3.44. The molecule has 0 radical (unpaired) electrons. The van der Waals surface area contributed by atoms with E-state index in [0.717, 1.165) is 16.7 Å². The highest BCUT2D eigenvalue weighted by Crippen LogP contribution is 2.40. The van der Waals surface area contributed by atoms with Crippen LogP contribution in [-0.2, 0) is 6.42 Å². The maximum Gasteiger partial charge on any atom is 0.227 e. The number of rotatable bonds is 8. The lowest BCUT2D eigenvalue weighted by Gasteiger charge is -2.19. The van der Waals surface area contributed by atoms with Gasteiger partial charge < -0.3 is 30.9 Å². The fourth-order valence-electron chi connectivity index (χ4n) is 5.31. The first kappa shape index (κ1) is 25.0. The lowest BCUT2D eigenvalue weighted by molar-refractivity contribution is 0.00723. The number of nitrogens with two attached hydrogens (primary N) is 1. The molecule has 39 heavy (non-hydrogen) atoms. The molecule has 11 nitrogen and oxygen atoms in total. The second-order valence-electron chi connectivity index (χ2n) is 9.90. The van der Waals surface area contributed by atoms with Crippen LogP contribution in [0.5, 0.6) is 0 Å². The predicted octanol–water partition coefficient (Wildman–Crippen LogP) is 2.20. The van der Waals surface area contributed by atoms with Crippen molar-refractivity contribution < 1.29 is 15.3 Å². The maximum atomic E-state index is 11.1. The van der Waals surface area contributed by atoms with E-state index in [-0.39, 0.29) is 24.4 Å². The molecule has 200 valence electrons. The van der Waals surface area contributed by atoms with E-state index in [1.807, 2.05) is 66.9 Å². The minimum atomic E-state index is -1.08. The zero-order valence-corrected chi connectivity index (χ0v) is 21.1. The van der Waals surface area contributed by atoms with Gasteiger partial charge in [-0.05, 0) is 24.0 Å². The van der Waals surface area contributed by atoms with Gasteiger partial charge in [-0.3, -0.25) is 4.68 Å². The van der Waals surface area contributed by atoms with E-state index >= 15 is 0 Å². The third kappa shape index (κ3) is 4.83. The molecule has 0 unspecified atom stereocenters. The summed E-state index contributed by atoms with van der Waals surface area (Å²) in [6.07, 6.45) is 4.06. The maximum absolute atomic E-state index is 11.1. The second-order valence-corrected chi connectivity index (χ2v) is 9.90. The Balaban J connectivity index is 1.26. The molecule has 6 rings (SSSR count). The van der Waals surface area contributed by atoms with Gasteiger partial charge in [-0.15, -0.1) is 0 Å². The van der Waals surface area contributed by atoms with Gasteiger partial charge in [0.15, 0.2) is 11.5 Å². The third-order valence-electron chi connectivity index (χ3n) is 7.35. The van der Waals surface area contributed by atoms with Crippen molar-refractivity contribution in [1.29, 1.82) is 0 Å². The zero-order valence-electron chi connectivity index (χ0n) is 21.1. The summed E-state index contributed by atoms with van der Waals surface area (Å²) in [7, 11) is 0. The summed E-state index contributed by atoms with van der Waals surface area (Å²) in [5.74, 6) is 0.433.